The van der Waals surface area contributed by atoms with E-state index in [-0.39, 0.29) is 12.5 Å². The van der Waals surface area contributed by atoms with Gasteiger partial charge in [0.2, 0.25) is 0 Å². The molecular weight excluding hydrogens is 388 g/mol. The van der Waals surface area contributed by atoms with E-state index in [2.05, 4.69) is 16.0 Å². The molecule has 152 valence electrons. The topological polar surface area (TPSA) is 95.4 Å². The standard InChI is InChI=1S/C22H24N2O4S/c25-13-17-12-23-21(29-17)20-6-5-19(24-20)18(11-14-7-9-28-10-8-14)15-1-3-16(4-2-15)22(26)27/h1-6,12,14,18,24-25H,7-11,13H2,(H,26,27). The summed E-state index contributed by atoms with van der Waals surface area (Å²) in [6.45, 7) is 1.59. The zero-order valence-corrected chi connectivity index (χ0v) is 16.8. The van der Waals surface area contributed by atoms with Crippen molar-refractivity contribution < 1.29 is 19.7 Å². The highest BCUT2D eigenvalue weighted by Gasteiger charge is 2.24. The molecule has 6 nitrogen and oxygen atoms in total. The van der Waals surface area contributed by atoms with Gasteiger partial charge in [-0.15, -0.1) is 11.3 Å². The molecule has 0 spiro atoms. The van der Waals surface area contributed by atoms with Gasteiger partial charge in [0.15, 0.2) is 0 Å². The van der Waals surface area contributed by atoms with Crippen LogP contribution in [0.15, 0.2) is 42.6 Å². The molecule has 1 aromatic carbocycles. The molecule has 1 aliphatic heterocycles. The normalized spacial score (nSPS) is 16.0. The van der Waals surface area contributed by atoms with Crippen LogP contribution in [0.2, 0.25) is 0 Å². The minimum atomic E-state index is -0.914. The number of aromatic amines is 1. The van der Waals surface area contributed by atoms with Gasteiger partial charge in [-0.3, -0.25) is 0 Å². The van der Waals surface area contributed by atoms with Crippen molar-refractivity contribution in [3.8, 4) is 10.7 Å². The van der Waals surface area contributed by atoms with E-state index in [1.54, 1.807) is 18.3 Å². The van der Waals surface area contributed by atoms with Gasteiger partial charge in [0, 0.05) is 31.0 Å². The largest absolute Gasteiger partial charge is 0.478 e. The van der Waals surface area contributed by atoms with E-state index in [0.29, 0.717) is 11.5 Å². The first-order valence-corrected chi connectivity index (χ1v) is 10.6. The Morgan fingerprint density at radius 1 is 1.21 bits per heavy atom. The van der Waals surface area contributed by atoms with Crippen LogP contribution in [-0.4, -0.2) is 39.4 Å². The van der Waals surface area contributed by atoms with Gasteiger partial charge in [0.05, 0.1) is 22.7 Å². The molecule has 0 radical (unpaired) electrons. The van der Waals surface area contributed by atoms with E-state index in [4.69, 9.17) is 4.74 Å². The van der Waals surface area contributed by atoms with E-state index in [1.807, 2.05) is 18.2 Å². The summed E-state index contributed by atoms with van der Waals surface area (Å²) < 4.78 is 5.51. The predicted octanol–water partition coefficient (Wildman–Crippen LogP) is 4.28. The Balaban J connectivity index is 1.63. The van der Waals surface area contributed by atoms with Crippen LogP contribution in [0.5, 0.6) is 0 Å². The molecule has 3 N–H and O–H groups in total. The lowest BCUT2D eigenvalue weighted by atomic mass is 9.83. The lowest BCUT2D eigenvalue weighted by Crippen LogP contribution is -2.18. The summed E-state index contributed by atoms with van der Waals surface area (Å²) >= 11 is 1.47. The summed E-state index contributed by atoms with van der Waals surface area (Å²) in [5, 5.41) is 19.3. The Labute approximate surface area is 173 Å². The number of carboxylic acids is 1. The lowest BCUT2D eigenvalue weighted by molar-refractivity contribution is 0.0626. The van der Waals surface area contributed by atoms with Gasteiger partial charge in [0.1, 0.15) is 5.01 Å². The van der Waals surface area contributed by atoms with Crippen molar-refractivity contribution in [2.45, 2.75) is 31.8 Å². The highest BCUT2D eigenvalue weighted by molar-refractivity contribution is 7.14. The van der Waals surface area contributed by atoms with Crippen LogP contribution in [0.4, 0.5) is 0 Å². The molecule has 1 fully saturated rings. The minimum Gasteiger partial charge on any atom is -0.478 e. The third-order valence-corrected chi connectivity index (χ3v) is 6.51. The van der Waals surface area contributed by atoms with Crippen LogP contribution >= 0.6 is 11.3 Å². The first-order chi connectivity index (χ1) is 14.1. The molecule has 0 saturated carbocycles. The maximum Gasteiger partial charge on any atom is 0.335 e. The Hall–Kier alpha value is -2.48. The minimum absolute atomic E-state index is 0.00641. The quantitative estimate of drug-likeness (QED) is 0.538. The summed E-state index contributed by atoms with van der Waals surface area (Å²) in [5.41, 5.74) is 3.43. The van der Waals surface area contributed by atoms with Gasteiger partial charge < -0.3 is 19.9 Å². The Morgan fingerprint density at radius 3 is 2.62 bits per heavy atom. The van der Waals surface area contributed by atoms with Gasteiger partial charge in [-0.1, -0.05) is 12.1 Å². The molecule has 3 aromatic rings. The number of rotatable bonds is 7. The third-order valence-electron chi connectivity index (χ3n) is 5.49. The van der Waals surface area contributed by atoms with Gasteiger partial charge in [-0.25, -0.2) is 9.78 Å². The molecule has 1 saturated heterocycles. The number of hydrogen-bond acceptors (Lipinski definition) is 5. The number of thiazole rings is 1. The number of nitrogens with zero attached hydrogens (tertiary/aromatic N) is 1. The van der Waals surface area contributed by atoms with E-state index < -0.39 is 5.97 Å². The number of carboxylic acid groups (broad SMARTS) is 1. The number of carbonyl (C=O) groups is 1. The van der Waals surface area contributed by atoms with Crippen LogP contribution in [0.25, 0.3) is 10.7 Å². The van der Waals surface area contributed by atoms with Gasteiger partial charge in [-0.05, 0) is 55.0 Å². The van der Waals surface area contributed by atoms with E-state index in [9.17, 15) is 15.0 Å². The fourth-order valence-electron chi connectivity index (χ4n) is 3.86. The maximum atomic E-state index is 11.2. The second-order valence-electron chi connectivity index (χ2n) is 7.39. The van der Waals surface area contributed by atoms with Crippen LogP contribution < -0.4 is 0 Å². The van der Waals surface area contributed by atoms with Gasteiger partial charge in [-0.2, -0.15) is 0 Å². The summed E-state index contributed by atoms with van der Waals surface area (Å²) in [4.78, 5) is 20.0. The van der Waals surface area contributed by atoms with Crippen molar-refractivity contribution in [1.82, 2.24) is 9.97 Å². The fraction of sp³-hybridized carbons (Fsp3) is 0.364. The molecular formula is C22H24N2O4S. The van der Waals surface area contributed by atoms with Crippen LogP contribution in [0.1, 0.15) is 51.7 Å². The molecule has 4 rings (SSSR count). The molecule has 29 heavy (non-hydrogen) atoms. The van der Waals surface area contributed by atoms with Crippen LogP contribution in [0, 0.1) is 5.92 Å². The second-order valence-corrected chi connectivity index (χ2v) is 8.50. The average Bonchev–Trinajstić information content (AvgIpc) is 3.42. The lowest BCUT2D eigenvalue weighted by Gasteiger charge is -2.26. The first kappa shape index (κ1) is 19.8. The summed E-state index contributed by atoms with van der Waals surface area (Å²) in [6.07, 6.45) is 4.77. The number of aromatic carboxylic acids is 1. The Morgan fingerprint density at radius 2 is 1.97 bits per heavy atom. The highest BCUT2D eigenvalue weighted by atomic mass is 32.1. The molecule has 0 aliphatic carbocycles. The molecule has 0 bridgehead atoms. The molecule has 0 amide bonds. The number of aliphatic hydroxyl groups is 1. The molecule has 7 heteroatoms. The van der Waals surface area contributed by atoms with Crippen molar-refractivity contribution in [2.75, 3.05) is 13.2 Å². The molecule has 3 heterocycles. The number of nitrogens with one attached hydrogen (secondary N) is 1. The van der Waals surface area contributed by atoms with Gasteiger partial charge >= 0.3 is 5.97 Å². The number of hydrogen-bond donors (Lipinski definition) is 3. The predicted molar refractivity (Wildman–Crippen MR) is 111 cm³/mol. The second kappa shape index (κ2) is 8.90. The smallest absolute Gasteiger partial charge is 0.335 e. The average molecular weight is 413 g/mol. The van der Waals surface area contributed by atoms with Crippen LogP contribution in [0.3, 0.4) is 0 Å². The van der Waals surface area contributed by atoms with Crippen molar-refractivity contribution in [2.24, 2.45) is 5.92 Å². The van der Waals surface area contributed by atoms with Crippen molar-refractivity contribution in [3.05, 3.63) is 64.3 Å². The molecule has 1 unspecified atom stereocenters. The number of benzene rings is 1. The molecule has 2 aromatic heterocycles. The molecule has 1 aliphatic rings. The number of aromatic nitrogens is 2. The zero-order chi connectivity index (χ0) is 20.2. The first-order valence-electron chi connectivity index (χ1n) is 9.80. The number of H-pyrrole nitrogens is 1. The maximum absolute atomic E-state index is 11.2. The van der Waals surface area contributed by atoms with E-state index in [0.717, 1.165) is 59.3 Å². The van der Waals surface area contributed by atoms with E-state index in [1.165, 1.54) is 11.3 Å². The highest BCUT2D eigenvalue weighted by Crippen LogP contribution is 2.36. The monoisotopic (exact) mass is 412 g/mol. The summed E-state index contributed by atoms with van der Waals surface area (Å²) in [7, 11) is 0. The molecule has 1 atom stereocenters. The number of ether oxygens (including phenoxy) is 1. The van der Waals surface area contributed by atoms with Crippen molar-refractivity contribution in [1.29, 1.82) is 0 Å². The third kappa shape index (κ3) is 4.58. The zero-order valence-electron chi connectivity index (χ0n) is 16.0. The van der Waals surface area contributed by atoms with Gasteiger partial charge in [0.25, 0.3) is 0 Å². The summed E-state index contributed by atoms with van der Waals surface area (Å²) in [6, 6.07) is 11.3. The van der Waals surface area contributed by atoms with Crippen LogP contribution in [-0.2, 0) is 11.3 Å². The SMILES string of the molecule is O=C(O)c1ccc(C(CC2CCOCC2)c2ccc(-c3ncc(CO)s3)[nH]2)cc1. The fourth-order valence-corrected chi connectivity index (χ4v) is 4.61. The van der Waals surface area contributed by atoms with Crippen molar-refractivity contribution >= 4 is 17.3 Å². The van der Waals surface area contributed by atoms with Crippen molar-refractivity contribution in [3.63, 3.8) is 0 Å². The Kier molecular flexibility index (Phi) is 6.08. The summed E-state index contributed by atoms with van der Waals surface area (Å²) in [5.74, 6) is -0.198. The number of aliphatic hydroxyl groups excluding tert-OH is 1. The van der Waals surface area contributed by atoms with E-state index >= 15 is 0 Å². The Bertz CT molecular complexity index is 957.